The molecule has 1 aromatic heterocycles. The van der Waals surface area contributed by atoms with Crippen LogP contribution in [0.15, 0.2) is 47.2 Å². The monoisotopic (exact) mass is 445 g/mol. The highest BCUT2D eigenvalue weighted by Gasteiger charge is 2.23. The molecule has 0 radical (unpaired) electrons. The van der Waals surface area contributed by atoms with Crippen LogP contribution in [-0.2, 0) is 16.1 Å². The molecule has 0 saturated carbocycles. The fraction of sp³-hybridized carbons (Fsp3) is 0.250. The average Bonchev–Trinajstić information content (AvgIpc) is 3.08. The first-order chi connectivity index (χ1) is 13.5. The molecule has 146 valence electrons. The number of aromatic nitrogens is 2. The van der Waals surface area contributed by atoms with E-state index in [0.29, 0.717) is 22.3 Å². The third-order valence-corrected chi connectivity index (χ3v) is 4.74. The van der Waals surface area contributed by atoms with E-state index >= 15 is 0 Å². The Balaban J connectivity index is 1.98. The summed E-state index contributed by atoms with van der Waals surface area (Å²) in [4.78, 5) is 28.8. The molecule has 1 N–H and O–H groups in total. The summed E-state index contributed by atoms with van der Waals surface area (Å²) in [7, 11) is 1.48. The van der Waals surface area contributed by atoms with Gasteiger partial charge >= 0.3 is 5.97 Å². The Labute approximate surface area is 170 Å². The van der Waals surface area contributed by atoms with Gasteiger partial charge in [-0.05, 0) is 34.5 Å². The first-order valence-corrected chi connectivity index (χ1v) is 9.53. The number of benzene rings is 2. The number of carbonyl (C=O) groups is 2. The highest BCUT2D eigenvalue weighted by atomic mass is 79.9. The van der Waals surface area contributed by atoms with Gasteiger partial charge in [0, 0.05) is 6.54 Å². The molecule has 1 heterocycles. The van der Waals surface area contributed by atoms with Gasteiger partial charge in [0.05, 0.1) is 30.0 Å². The van der Waals surface area contributed by atoms with Crippen molar-refractivity contribution in [2.45, 2.75) is 13.5 Å². The number of hydrogen-bond donors (Lipinski definition) is 1. The Hall–Kier alpha value is -2.87. The van der Waals surface area contributed by atoms with Crippen LogP contribution in [0.2, 0.25) is 0 Å². The molecule has 0 aliphatic heterocycles. The van der Waals surface area contributed by atoms with Gasteiger partial charge in [0.1, 0.15) is 23.4 Å². The van der Waals surface area contributed by atoms with Gasteiger partial charge in [-0.3, -0.25) is 9.59 Å². The van der Waals surface area contributed by atoms with Crippen LogP contribution in [0.5, 0.6) is 5.75 Å². The number of hydrogen-bond acceptors (Lipinski definition) is 5. The van der Waals surface area contributed by atoms with Crippen molar-refractivity contribution in [2.24, 2.45) is 0 Å². The first-order valence-electron chi connectivity index (χ1n) is 8.74. The molecule has 0 aliphatic rings. The smallest absolute Gasteiger partial charge is 0.325 e. The average molecular weight is 446 g/mol. The lowest BCUT2D eigenvalue weighted by Gasteiger charge is -2.13. The number of ether oxygens (including phenoxy) is 2. The van der Waals surface area contributed by atoms with Crippen LogP contribution >= 0.6 is 15.9 Å². The SMILES string of the molecule is CCOC(=O)CNC(=O)c1c(OC)c(Br)cc2c1ncn2Cc1ccccc1. The summed E-state index contributed by atoms with van der Waals surface area (Å²) >= 11 is 3.47. The van der Waals surface area contributed by atoms with Crippen LogP contribution in [0.25, 0.3) is 11.0 Å². The highest BCUT2D eigenvalue weighted by molar-refractivity contribution is 9.10. The van der Waals surface area contributed by atoms with E-state index in [4.69, 9.17) is 9.47 Å². The van der Waals surface area contributed by atoms with Gasteiger partial charge in [-0.2, -0.15) is 0 Å². The minimum absolute atomic E-state index is 0.228. The number of imidazole rings is 1. The lowest BCUT2D eigenvalue weighted by atomic mass is 10.1. The Morgan fingerprint density at radius 2 is 2.00 bits per heavy atom. The number of esters is 1. The molecule has 3 aromatic rings. The number of methoxy groups -OCH3 is 1. The lowest BCUT2D eigenvalue weighted by molar-refractivity contribution is -0.141. The maximum atomic E-state index is 12.8. The maximum absolute atomic E-state index is 12.8. The van der Waals surface area contributed by atoms with Gasteiger partial charge in [0.2, 0.25) is 0 Å². The van der Waals surface area contributed by atoms with Crippen molar-refractivity contribution in [3.63, 3.8) is 0 Å². The van der Waals surface area contributed by atoms with E-state index in [1.165, 1.54) is 7.11 Å². The number of halogens is 1. The Morgan fingerprint density at radius 1 is 1.25 bits per heavy atom. The maximum Gasteiger partial charge on any atom is 0.325 e. The van der Waals surface area contributed by atoms with E-state index in [1.54, 1.807) is 13.3 Å². The zero-order valence-electron chi connectivity index (χ0n) is 15.6. The van der Waals surface area contributed by atoms with Crippen LogP contribution in [0.1, 0.15) is 22.8 Å². The van der Waals surface area contributed by atoms with Crippen LogP contribution in [-0.4, -0.2) is 41.7 Å². The molecule has 0 spiro atoms. The van der Waals surface area contributed by atoms with Crippen LogP contribution in [0.3, 0.4) is 0 Å². The molecule has 0 bridgehead atoms. The minimum atomic E-state index is -0.504. The van der Waals surface area contributed by atoms with Crippen LogP contribution < -0.4 is 10.1 Å². The molecule has 0 saturated heterocycles. The number of nitrogens with zero attached hydrogens (tertiary/aromatic N) is 2. The molecule has 8 heteroatoms. The Morgan fingerprint density at radius 3 is 2.68 bits per heavy atom. The molecular weight excluding hydrogens is 426 g/mol. The van der Waals surface area contributed by atoms with Gasteiger partial charge in [0.15, 0.2) is 0 Å². The topological polar surface area (TPSA) is 82.4 Å². The second-order valence-corrected chi connectivity index (χ2v) is 6.83. The van der Waals surface area contributed by atoms with E-state index in [-0.39, 0.29) is 18.7 Å². The third kappa shape index (κ3) is 4.17. The molecule has 7 nitrogen and oxygen atoms in total. The summed E-state index contributed by atoms with van der Waals surface area (Å²) in [5, 5.41) is 2.57. The summed E-state index contributed by atoms with van der Waals surface area (Å²) in [6.45, 7) is 2.34. The van der Waals surface area contributed by atoms with Crippen molar-refractivity contribution in [2.75, 3.05) is 20.3 Å². The van der Waals surface area contributed by atoms with E-state index in [9.17, 15) is 9.59 Å². The molecule has 0 fully saturated rings. The molecule has 28 heavy (non-hydrogen) atoms. The fourth-order valence-electron chi connectivity index (χ4n) is 2.92. The van der Waals surface area contributed by atoms with Crippen molar-refractivity contribution in [1.29, 1.82) is 0 Å². The number of rotatable bonds is 7. The zero-order valence-corrected chi connectivity index (χ0v) is 17.2. The van der Waals surface area contributed by atoms with Gasteiger partial charge in [-0.1, -0.05) is 30.3 Å². The van der Waals surface area contributed by atoms with E-state index < -0.39 is 11.9 Å². The molecular formula is C20H20BrN3O4. The fourth-order valence-corrected chi connectivity index (χ4v) is 3.49. The molecule has 2 aromatic carbocycles. The minimum Gasteiger partial charge on any atom is -0.495 e. The van der Waals surface area contributed by atoms with Crippen LogP contribution in [0, 0.1) is 0 Å². The summed E-state index contributed by atoms with van der Waals surface area (Å²) in [5.74, 6) is -0.601. The van der Waals surface area contributed by atoms with Crippen molar-refractivity contribution >= 4 is 38.8 Å². The predicted molar refractivity (Wildman–Crippen MR) is 108 cm³/mol. The summed E-state index contributed by atoms with van der Waals surface area (Å²) in [6, 6.07) is 11.8. The van der Waals surface area contributed by atoms with Crippen molar-refractivity contribution in [3.8, 4) is 5.75 Å². The van der Waals surface area contributed by atoms with Gasteiger partial charge in [-0.15, -0.1) is 0 Å². The third-order valence-electron chi connectivity index (χ3n) is 4.15. The molecule has 0 aliphatic carbocycles. The summed E-state index contributed by atoms with van der Waals surface area (Å²) in [5.41, 5.74) is 2.65. The number of amides is 1. The summed E-state index contributed by atoms with van der Waals surface area (Å²) in [6.07, 6.45) is 1.69. The summed E-state index contributed by atoms with van der Waals surface area (Å²) < 4.78 is 12.8. The van der Waals surface area contributed by atoms with E-state index in [0.717, 1.165) is 11.1 Å². The van der Waals surface area contributed by atoms with Gasteiger partial charge < -0.3 is 19.4 Å². The lowest BCUT2D eigenvalue weighted by Crippen LogP contribution is -2.31. The van der Waals surface area contributed by atoms with Gasteiger partial charge in [0.25, 0.3) is 5.91 Å². The number of carbonyl (C=O) groups excluding carboxylic acids is 2. The Bertz CT molecular complexity index is 1000. The number of fused-ring (bicyclic) bond motifs is 1. The molecule has 0 unspecified atom stereocenters. The largest absolute Gasteiger partial charge is 0.495 e. The normalized spacial score (nSPS) is 10.7. The van der Waals surface area contributed by atoms with Crippen molar-refractivity contribution in [3.05, 3.63) is 58.3 Å². The predicted octanol–water partition coefficient (Wildman–Crippen LogP) is 3.15. The number of nitrogens with one attached hydrogen (secondary N) is 1. The second-order valence-electron chi connectivity index (χ2n) is 5.98. The van der Waals surface area contributed by atoms with E-state index in [2.05, 4.69) is 26.2 Å². The van der Waals surface area contributed by atoms with E-state index in [1.807, 2.05) is 41.0 Å². The molecule has 1 amide bonds. The van der Waals surface area contributed by atoms with Crippen LogP contribution in [0.4, 0.5) is 0 Å². The highest BCUT2D eigenvalue weighted by Crippen LogP contribution is 2.35. The first kappa shape index (κ1) is 19.9. The Kier molecular flexibility index (Phi) is 6.30. The van der Waals surface area contributed by atoms with Gasteiger partial charge in [-0.25, -0.2) is 4.98 Å². The van der Waals surface area contributed by atoms with Crippen molar-refractivity contribution in [1.82, 2.24) is 14.9 Å². The second kappa shape index (κ2) is 8.88. The molecule has 3 rings (SSSR count). The van der Waals surface area contributed by atoms with Crippen molar-refractivity contribution < 1.29 is 19.1 Å². The zero-order chi connectivity index (χ0) is 20.1. The quantitative estimate of drug-likeness (QED) is 0.564. The standard InChI is InChI=1S/C20H20BrN3O4/c1-3-28-16(25)10-22-20(26)17-18-15(9-14(21)19(17)27-2)24(12-23-18)11-13-7-5-4-6-8-13/h4-9,12H,3,10-11H2,1-2H3,(H,22,26). The molecule has 0 atom stereocenters.